The average Bonchev–Trinajstić information content (AvgIpc) is 3.09. The van der Waals surface area contributed by atoms with Gasteiger partial charge in [-0.25, -0.2) is 0 Å². The minimum absolute atomic E-state index is 0.366. The fourth-order valence-electron chi connectivity index (χ4n) is 4.70. The number of fused-ring (bicyclic) bond motifs is 2. The number of aromatic nitrogens is 2. The van der Waals surface area contributed by atoms with Crippen molar-refractivity contribution < 1.29 is 9.53 Å². The van der Waals surface area contributed by atoms with E-state index >= 15 is 0 Å². The first-order chi connectivity index (χ1) is 13.2. The smallest absolute Gasteiger partial charge is 0.222 e. The number of benzene rings is 1. The van der Waals surface area contributed by atoms with Crippen molar-refractivity contribution in [1.82, 2.24) is 20.0 Å². The molecule has 1 amide bonds. The molecule has 4 rings (SSSR count). The van der Waals surface area contributed by atoms with E-state index in [9.17, 15) is 4.79 Å². The highest BCUT2D eigenvalue weighted by molar-refractivity contribution is 5.82. The van der Waals surface area contributed by atoms with Gasteiger partial charge in [-0.15, -0.1) is 0 Å². The minimum atomic E-state index is 0.366. The molecule has 3 heterocycles. The predicted octanol–water partition coefficient (Wildman–Crippen LogP) is 3.18. The van der Waals surface area contributed by atoms with E-state index < -0.39 is 0 Å². The number of hydrogen-bond donors (Lipinski definition) is 1. The third-order valence-electron chi connectivity index (χ3n) is 6.20. The van der Waals surface area contributed by atoms with E-state index in [1.54, 1.807) is 7.11 Å². The summed E-state index contributed by atoms with van der Waals surface area (Å²) in [5, 5.41) is 8.79. The lowest BCUT2D eigenvalue weighted by molar-refractivity contribution is -0.141. The molecule has 2 saturated heterocycles. The molecule has 1 aromatic carbocycles. The van der Waals surface area contributed by atoms with E-state index in [0.29, 0.717) is 24.3 Å². The summed E-state index contributed by atoms with van der Waals surface area (Å²) in [7, 11) is 1.69. The van der Waals surface area contributed by atoms with Gasteiger partial charge in [-0.1, -0.05) is 13.3 Å². The molecule has 2 atom stereocenters. The maximum absolute atomic E-state index is 12.4. The van der Waals surface area contributed by atoms with Crippen LogP contribution in [0.5, 0.6) is 5.75 Å². The number of piperidine rings is 2. The lowest BCUT2D eigenvalue weighted by Crippen LogP contribution is -2.55. The topological polar surface area (TPSA) is 61.5 Å². The van der Waals surface area contributed by atoms with Crippen LogP contribution in [0.1, 0.15) is 44.7 Å². The zero-order valence-corrected chi connectivity index (χ0v) is 16.4. The summed E-state index contributed by atoms with van der Waals surface area (Å²) in [6.45, 7) is 6.09. The average molecular weight is 370 g/mol. The summed E-state index contributed by atoms with van der Waals surface area (Å²) in [6.07, 6.45) is 5.07. The first-order valence-electron chi connectivity index (χ1n) is 10.2. The highest BCUT2D eigenvalue weighted by Crippen LogP contribution is 2.32. The van der Waals surface area contributed by atoms with Crippen LogP contribution in [0.2, 0.25) is 0 Å². The van der Waals surface area contributed by atoms with Gasteiger partial charge in [0.1, 0.15) is 5.75 Å². The maximum atomic E-state index is 12.4. The lowest BCUT2D eigenvalue weighted by atomic mass is 9.83. The van der Waals surface area contributed by atoms with Crippen LogP contribution in [0.3, 0.4) is 0 Å². The summed E-state index contributed by atoms with van der Waals surface area (Å²) in [5.74, 6) is 1.82. The normalized spacial score (nSPS) is 23.6. The van der Waals surface area contributed by atoms with Gasteiger partial charge in [-0.2, -0.15) is 5.10 Å². The monoisotopic (exact) mass is 370 g/mol. The Morgan fingerprint density at radius 1 is 1.33 bits per heavy atom. The van der Waals surface area contributed by atoms with Crippen molar-refractivity contribution in [2.24, 2.45) is 5.92 Å². The number of likely N-dealkylation sites (tertiary alicyclic amines) is 2. The molecule has 0 spiro atoms. The van der Waals surface area contributed by atoms with Crippen molar-refractivity contribution in [3.05, 3.63) is 23.9 Å². The molecule has 2 aromatic rings. The van der Waals surface area contributed by atoms with Crippen LogP contribution in [-0.2, 0) is 11.3 Å². The Labute approximate surface area is 160 Å². The molecule has 2 fully saturated rings. The molecule has 2 aliphatic rings. The number of amides is 1. The van der Waals surface area contributed by atoms with Crippen molar-refractivity contribution in [1.29, 1.82) is 0 Å². The Kier molecular flexibility index (Phi) is 5.34. The Morgan fingerprint density at radius 3 is 3.04 bits per heavy atom. The summed E-state index contributed by atoms with van der Waals surface area (Å²) in [6, 6.07) is 6.45. The second-order valence-corrected chi connectivity index (χ2v) is 7.92. The molecule has 0 radical (unpaired) electrons. The number of rotatable bonds is 6. The summed E-state index contributed by atoms with van der Waals surface area (Å²) in [4.78, 5) is 17.1. The van der Waals surface area contributed by atoms with E-state index in [1.807, 2.05) is 12.1 Å². The van der Waals surface area contributed by atoms with Crippen molar-refractivity contribution in [2.45, 2.75) is 51.6 Å². The number of carbonyl (C=O) groups excluding carboxylic acids is 1. The van der Waals surface area contributed by atoms with E-state index in [-0.39, 0.29) is 0 Å². The Morgan fingerprint density at radius 2 is 2.22 bits per heavy atom. The molecule has 2 unspecified atom stereocenters. The van der Waals surface area contributed by atoms with Crippen LogP contribution < -0.4 is 4.74 Å². The van der Waals surface area contributed by atoms with E-state index in [2.05, 4.69) is 33.0 Å². The van der Waals surface area contributed by atoms with Crippen LogP contribution in [0.15, 0.2) is 18.2 Å². The van der Waals surface area contributed by atoms with Gasteiger partial charge in [-0.05, 0) is 43.4 Å². The molecule has 146 valence electrons. The first kappa shape index (κ1) is 18.3. The van der Waals surface area contributed by atoms with Crippen LogP contribution in [-0.4, -0.2) is 58.7 Å². The summed E-state index contributed by atoms with van der Waals surface area (Å²) < 4.78 is 5.37. The summed E-state index contributed by atoms with van der Waals surface area (Å²) >= 11 is 0. The van der Waals surface area contributed by atoms with Crippen LogP contribution in [0.25, 0.3) is 10.9 Å². The minimum Gasteiger partial charge on any atom is -0.497 e. The zero-order valence-electron chi connectivity index (χ0n) is 16.4. The number of H-pyrrole nitrogens is 1. The lowest BCUT2D eigenvalue weighted by Gasteiger charge is -2.47. The molecule has 0 bridgehead atoms. The number of hydrogen-bond acceptors (Lipinski definition) is 4. The molecule has 1 N–H and O–H groups in total. The molecule has 6 heteroatoms. The van der Waals surface area contributed by atoms with Gasteiger partial charge in [-0.3, -0.25) is 14.8 Å². The number of unbranched alkanes of at least 4 members (excludes halogenated alkanes) is 1. The first-order valence-corrected chi connectivity index (χ1v) is 10.2. The molecule has 0 saturated carbocycles. The number of nitrogens with zero attached hydrogens (tertiary/aromatic N) is 3. The second-order valence-electron chi connectivity index (χ2n) is 7.92. The maximum Gasteiger partial charge on any atom is 0.222 e. The van der Waals surface area contributed by atoms with Gasteiger partial charge < -0.3 is 9.64 Å². The van der Waals surface area contributed by atoms with Gasteiger partial charge in [0, 0.05) is 44.0 Å². The fraction of sp³-hybridized carbons (Fsp3) is 0.619. The number of nitrogens with one attached hydrogen (secondary N) is 1. The van der Waals surface area contributed by atoms with Gasteiger partial charge in [0.05, 0.1) is 18.3 Å². The molecule has 2 aliphatic heterocycles. The number of ether oxygens (including phenoxy) is 1. The Balaban J connectivity index is 1.45. The van der Waals surface area contributed by atoms with Crippen molar-refractivity contribution in [3.8, 4) is 5.75 Å². The van der Waals surface area contributed by atoms with E-state index in [1.165, 1.54) is 0 Å². The molecular weight excluding hydrogens is 340 g/mol. The highest BCUT2D eigenvalue weighted by atomic mass is 16.5. The largest absolute Gasteiger partial charge is 0.497 e. The second kappa shape index (κ2) is 7.89. The van der Waals surface area contributed by atoms with E-state index in [0.717, 1.165) is 74.2 Å². The van der Waals surface area contributed by atoms with E-state index in [4.69, 9.17) is 4.74 Å². The standard InChI is InChI=1S/C21H30N4O2/c1-3-4-10-25-20-9-11-24(13-15(20)5-8-21(25)26)14-19-17-12-16(27-2)6-7-18(17)22-23-19/h6-7,12,15,20H,3-5,8-11,13-14H2,1-2H3,(H,22,23). The molecule has 0 aliphatic carbocycles. The third-order valence-corrected chi connectivity index (χ3v) is 6.20. The van der Waals surface area contributed by atoms with Crippen molar-refractivity contribution >= 4 is 16.8 Å². The van der Waals surface area contributed by atoms with Gasteiger partial charge >= 0.3 is 0 Å². The van der Waals surface area contributed by atoms with Gasteiger partial charge in [0.2, 0.25) is 5.91 Å². The number of carbonyl (C=O) groups is 1. The summed E-state index contributed by atoms with van der Waals surface area (Å²) in [5.41, 5.74) is 2.13. The van der Waals surface area contributed by atoms with Gasteiger partial charge in [0.25, 0.3) is 0 Å². The number of methoxy groups -OCH3 is 1. The quantitative estimate of drug-likeness (QED) is 0.848. The van der Waals surface area contributed by atoms with Gasteiger partial charge in [0.15, 0.2) is 0 Å². The van der Waals surface area contributed by atoms with Crippen LogP contribution >= 0.6 is 0 Å². The van der Waals surface area contributed by atoms with Crippen LogP contribution in [0, 0.1) is 5.92 Å². The molecule has 27 heavy (non-hydrogen) atoms. The SMILES string of the molecule is CCCCN1C(=O)CCC2CN(Cc3[nH]nc4ccc(OC)cc34)CCC21. The highest BCUT2D eigenvalue weighted by Gasteiger charge is 2.38. The molecule has 1 aromatic heterocycles. The Hall–Kier alpha value is -2.08. The van der Waals surface area contributed by atoms with Crippen LogP contribution in [0.4, 0.5) is 0 Å². The molecular formula is C21H30N4O2. The Bertz CT molecular complexity index is 803. The third kappa shape index (κ3) is 3.68. The number of aromatic amines is 1. The fourth-order valence-corrected chi connectivity index (χ4v) is 4.70. The zero-order chi connectivity index (χ0) is 18.8. The predicted molar refractivity (Wildman–Crippen MR) is 106 cm³/mol. The van der Waals surface area contributed by atoms with Crippen molar-refractivity contribution in [2.75, 3.05) is 26.7 Å². The molecule has 6 nitrogen and oxygen atoms in total. The van der Waals surface area contributed by atoms with Crippen molar-refractivity contribution in [3.63, 3.8) is 0 Å².